The van der Waals surface area contributed by atoms with Crippen LogP contribution >= 0.6 is 0 Å². The summed E-state index contributed by atoms with van der Waals surface area (Å²) in [4.78, 5) is 24.8. The van der Waals surface area contributed by atoms with Gasteiger partial charge in [0, 0.05) is 12.1 Å². The number of amides is 1. The van der Waals surface area contributed by atoms with E-state index in [2.05, 4.69) is 0 Å². The van der Waals surface area contributed by atoms with E-state index in [0.29, 0.717) is 13.0 Å². The Morgan fingerprint density at radius 3 is 2.04 bits per heavy atom. The fourth-order valence-corrected chi connectivity index (χ4v) is 3.85. The molecule has 0 spiro atoms. The highest BCUT2D eigenvalue weighted by Crippen LogP contribution is 2.24. The van der Waals surface area contributed by atoms with E-state index in [1.807, 2.05) is 0 Å². The molecular formula is C17H15NO5S. The Bertz CT molecular complexity index is 875. The maximum absolute atomic E-state index is 12.5. The predicted molar refractivity (Wildman–Crippen MR) is 85.4 cm³/mol. The maximum atomic E-state index is 12.5. The van der Waals surface area contributed by atoms with E-state index in [-0.39, 0.29) is 15.4 Å². The first-order valence-electron chi connectivity index (χ1n) is 7.35. The molecule has 0 aliphatic carbocycles. The Hall–Kier alpha value is -2.67. The molecule has 6 nitrogen and oxygen atoms in total. The number of hydrogen-bond donors (Lipinski definition) is 1. The number of carboxylic acids is 1. The fraction of sp³-hybridized carbons (Fsp3) is 0.176. The summed E-state index contributed by atoms with van der Waals surface area (Å²) in [6, 6.07) is 12.8. The van der Waals surface area contributed by atoms with Gasteiger partial charge in [0.25, 0.3) is 5.91 Å². The van der Waals surface area contributed by atoms with Crippen molar-refractivity contribution in [2.45, 2.75) is 22.3 Å². The summed E-state index contributed by atoms with van der Waals surface area (Å²) < 4.78 is 25.0. The SMILES string of the molecule is O=C(O)[C@@H]1CCN1C(=O)c1ccc(S(=O)(=O)c2ccccc2)cc1. The van der Waals surface area contributed by atoms with Crippen LogP contribution in [0.3, 0.4) is 0 Å². The number of sulfone groups is 1. The topological polar surface area (TPSA) is 91.8 Å². The summed E-state index contributed by atoms with van der Waals surface area (Å²) >= 11 is 0. The molecule has 1 heterocycles. The number of carboxylic acid groups (broad SMARTS) is 1. The number of carbonyl (C=O) groups excluding carboxylic acids is 1. The molecule has 1 fully saturated rings. The first-order chi connectivity index (χ1) is 11.4. The Kier molecular flexibility index (Phi) is 4.11. The molecule has 0 aromatic heterocycles. The molecule has 2 aromatic rings. The zero-order valence-electron chi connectivity index (χ0n) is 12.6. The van der Waals surface area contributed by atoms with Crippen LogP contribution in [0.25, 0.3) is 0 Å². The van der Waals surface area contributed by atoms with E-state index < -0.39 is 27.8 Å². The summed E-state index contributed by atoms with van der Waals surface area (Å²) in [5.74, 6) is -1.44. The Morgan fingerprint density at radius 2 is 1.54 bits per heavy atom. The van der Waals surface area contributed by atoms with Crippen LogP contribution in [0.1, 0.15) is 16.8 Å². The highest BCUT2D eigenvalue weighted by molar-refractivity contribution is 7.91. The Morgan fingerprint density at radius 1 is 0.958 bits per heavy atom. The predicted octanol–water partition coefficient (Wildman–Crippen LogP) is 1.82. The van der Waals surface area contributed by atoms with Gasteiger partial charge in [0.15, 0.2) is 0 Å². The van der Waals surface area contributed by atoms with Gasteiger partial charge in [0.2, 0.25) is 9.84 Å². The lowest BCUT2D eigenvalue weighted by molar-refractivity contribution is -0.146. The molecule has 1 N–H and O–H groups in total. The van der Waals surface area contributed by atoms with Crippen LogP contribution in [0.15, 0.2) is 64.4 Å². The second kappa shape index (κ2) is 6.09. The van der Waals surface area contributed by atoms with Crippen LogP contribution < -0.4 is 0 Å². The van der Waals surface area contributed by atoms with Crippen molar-refractivity contribution in [1.29, 1.82) is 0 Å². The molecule has 1 amide bonds. The van der Waals surface area contributed by atoms with Crippen molar-refractivity contribution in [2.24, 2.45) is 0 Å². The molecule has 1 saturated heterocycles. The van der Waals surface area contributed by atoms with Crippen LogP contribution in [0, 0.1) is 0 Å². The summed E-state index contributed by atoms with van der Waals surface area (Å²) in [6.07, 6.45) is 0.432. The third-order valence-electron chi connectivity index (χ3n) is 4.03. The van der Waals surface area contributed by atoms with Crippen molar-refractivity contribution < 1.29 is 23.1 Å². The monoisotopic (exact) mass is 345 g/mol. The number of likely N-dealkylation sites (tertiary alicyclic amines) is 1. The van der Waals surface area contributed by atoms with Crippen molar-refractivity contribution in [1.82, 2.24) is 4.90 Å². The van der Waals surface area contributed by atoms with Crippen LogP contribution in [0.4, 0.5) is 0 Å². The van der Waals surface area contributed by atoms with Gasteiger partial charge in [0.05, 0.1) is 9.79 Å². The van der Waals surface area contributed by atoms with Crippen LogP contribution in [-0.2, 0) is 14.6 Å². The molecule has 0 bridgehead atoms. The molecule has 7 heteroatoms. The minimum atomic E-state index is -3.64. The van der Waals surface area contributed by atoms with Gasteiger partial charge in [-0.3, -0.25) is 4.79 Å². The van der Waals surface area contributed by atoms with Gasteiger partial charge >= 0.3 is 5.97 Å². The summed E-state index contributed by atoms with van der Waals surface area (Å²) in [5, 5.41) is 9.00. The molecule has 1 aliphatic rings. The van der Waals surface area contributed by atoms with E-state index in [1.54, 1.807) is 18.2 Å². The fourth-order valence-electron chi connectivity index (χ4n) is 2.57. The minimum absolute atomic E-state index is 0.0867. The smallest absolute Gasteiger partial charge is 0.326 e. The van der Waals surface area contributed by atoms with Crippen molar-refractivity contribution >= 4 is 21.7 Å². The van der Waals surface area contributed by atoms with Gasteiger partial charge < -0.3 is 10.0 Å². The van der Waals surface area contributed by atoms with Crippen LogP contribution in [-0.4, -0.2) is 42.9 Å². The van der Waals surface area contributed by atoms with E-state index in [9.17, 15) is 18.0 Å². The zero-order valence-corrected chi connectivity index (χ0v) is 13.4. The first kappa shape index (κ1) is 16.2. The summed E-state index contributed by atoms with van der Waals surface area (Å²) in [5.41, 5.74) is 0.271. The van der Waals surface area contributed by atoms with Gasteiger partial charge in [-0.1, -0.05) is 18.2 Å². The largest absolute Gasteiger partial charge is 0.480 e. The Balaban J connectivity index is 1.84. The van der Waals surface area contributed by atoms with Crippen molar-refractivity contribution in [3.63, 3.8) is 0 Å². The second-order valence-electron chi connectivity index (χ2n) is 5.48. The van der Waals surface area contributed by atoms with Gasteiger partial charge in [0.1, 0.15) is 6.04 Å². The van der Waals surface area contributed by atoms with Crippen LogP contribution in [0.5, 0.6) is 0 Å². The maximum Gasteiger partial charge on any atom is 0.326 e. The molecule has 1 atom stereocenters. The van der Waals surface area contributed by atoms with Crippen molar-refractivity contribution in [3.8, 4) is 0 Å². The third-order valence-corrected chi connectivity index (χ3v) is 5.82. The number of benzene rings is 2. The molecule has 24 heavy (non-hydrogen) atoms. The molecule has 0 unspecified atom stereocenters. The molecule has 2 aromatic carbocycles. The molecule has 0 radical (unpaired) electrons. The molecule has 1 aliphatic heterocycles. The van der Waals surface area contributed by atoms with E-state index in [0.717, 1.165) is 0 Å². The van der Waals surface area contributed by atoms with Gasteiger partial charge in [-0.2, -0.15) is 0 Å². The van der Waals surface area contributed by atoms with Crippen molar-refractivity contribution in [3.05, 3.63) is 60.2 Å². The lowest BCUT2D eigenvalue weighted by atomic mass is 10.0. The summed E-state index contributed by atoms with van der Waals surface area (Å²) in [7, 11) is -3.64. The molecule has 0 saturated carbocycles. The number of nitrogens with zero attached hydrogens (tertiary/aromatic N) is 1. The van der Waals surface area contributed by atoms with Crippen LogP contribution in [0.2, 0.25) is 0 Å². The lowest BCUT2D eigenvalue weighted by Gasteiger charge is -2.37. The zero-order chi connectivity index (χ0) is 17.3. The number of hydrogen-bond acceptors (Lipinski definition) is 4. The van der Waals surface area contributed by atoms with Gasteiger partial charge in [-0.25, -0.2) is 13.2 Å². The quantitative estimate of drug-likeness (QED) is 0.912. The summed E-state index contributed by atoms with van der Waals surface area (Å²) in [6.45, 7) is 0.389. The van der Waals surface area contributed by atoms with E-state index >= 15 is 0 Å². The second-order valence-corrected chi connectivity index (χ2v) is 7.43. The van der Waals surface area contributed by atoms with E-state index in [4.69, 9.17) is 5.11 Å². The minimum Gasteiger partial charge on any atom is -0.480 e. The molecule has 124 valence electrons. The third kappa shape index (κ3) is 2.78. The highest BCUT2D eigenvalue weighted by Gasteiger charge is 2.37. The van der Waals surface area contributed by atoms with Crippen molar-refractivity contribution in [2.75, 3.05) is 6.54 Å². The van der Waals surface area contributed by atoms with Gasteiger partial charge in [-0.05, 0) is 42.8 Å². The molecular weight excluding hydrogens is 330 g/mol. The lowest BCUT2D eigenvalue weighted by Crippen LogP contribution is -2.55. The number of rotatable bonds is 4. The number of aliphatic carboxylic acids is 1. The standard InChI is InChI=1S/C17H15NO5S/c19-16(18-11-10-15(18)17(20)21)12-6-8-14(9-7-12)24(22,23)13-4-2-1-3-5-13/h1-9,15H,10-11H2,(H,20,21)/t15-/m0/s1. The highest BCUT2D eigenvalue weighted by atomic mass is 32.2. The average Bonchev–Trinajstić information content (AvgIpc) is 2.54. The Labute approximate surface area is 139 Å². The average molecular weight is 345 g/mol. The van der Waals surface area contributed by atoms with E-state index in [1.165, 1.54) is 41.3 Å². The number of carbonyl (C=O) groups is 2. The van der Waals surface area contributed by atoms with Gasteiger partial charge in [-0.15, -0.1) is 0 Å². The normalized spacial score (nSPS) is 17.2. The first-order valence-corrected chi connectivity index (χ1v) is 8.83. The molecule has 3 rings (SSSR count).